The highest BCUT2D eigenvalue weighted by atomic mass is 32.1. The molecule has 0 aliphatic carbocycles. The number of hydrogen-bond acceptors (Lipinski definition) is 6. The number of hydrogen-bond donors (Lipinski definition) is 1. The molecule has 1 aromatic heterocycles. The lowest BCUT2D eigenvalue weighted by Crippen LogP contribution is -2.17. The molecule has 0 aromatic carbocycles. The molecule has 18 heavy (non-hydrogen) atoms. The van der Waals surface area contributed by atoms with E-state index < -0.39 is 5.97 Å². The molecular formula is C11H16N2O4S. The van der Waals surface area contributed by atoms with Crippen molar-refractivity contribution >= 4 is 28.3 Å². The van der Waals surface area contributed by atoms with Crippen LogP contribution in [0.3, 0.4) is 0 Å². The van der Waals surface area contributed by atoms with Crippen molar-refractivity contribution in [1.29, 1.82) is 0 Å². The Balaban J connectivity index is 2.66. The van der Waals surface area contributed by atoms with E-state index >= 15 is 0 Å². The topological polar surface area (TPSA) is 77.5 Å². The molecule has 0 saturated carbocycles. The summed E-state index contributed by atoms with van der Waals surface area (Å²) in [5, 5.41) is 2.95. The maximum Gasteiger partial charge on any atom is 0.350 e. The molecule has 1 N–H and O–H groups in total. The maximum atomic E-state index is 11.5. The largest absolute Gasteiger partial charge is 0.462 e. The fourth-order valence-electron chi connectivity index (χ4n) is 1.19. The number of carbonyl (C=O) groups excluding carboxylic acids is 2. The van der Waals surface area contributed by atoms with E-state index in [4.69, 9.17) is 9.47 Å². The number of carbonyl (C=O) groups is 2. The molecule has 0 unspecified atom stereocenters. The predicted octanol–water partition coefficient (Wildman–Crippen LogP) is 1.60. The number of rotatable bonds is 6. The second-order valence-electron chi connectivity index (χ2n) is 3.34. The van der Waals surface area contributed by atoms with Gasteiger partial charge in [-0.3, -0.25) is 10.1 Å². The molecule has 0 bridgehead atoms. The summed E-state index contributed by atoms with van der Waals surface area (Å²) in [5.74, 6) is -0.709. The predicted molar refractivity (Wildman–Crippen MR) is 67.9 cm³/mol. The molecule has 0 aliphatic rings. The highest BCUT2D eigenvalue weighted by Crippen LogP contribution is 2.23. The second-order valence-corrected chi connectivity index (χ2v) is 4.34. The zero-order chi connectivity index (χ0) is 13.5. The number of ether oxygens (including phenoxy) is 2. The zero-order valence-electron chi connectivity index (χ0n) is 10.6. The van der Waals surface area contributed by atoms with Crippen LogP contribution < -0.4 is 5.32 Å². The smallest absolute Gasteiger partial charge is 0.350 e. The van der Waals surface area contributed by atoms with Crippen LogP contribution in [0.5, 0.6) is 0 Å². The Labute approximate surface area is 109 Å². The minimum atomic E-state index is -0.419. The Hall–Kier alpha value is -1.47. The van der Waals surface area contributed by atoms with Crippen LogP contribution in [-0.4, -0.2) is 36.7 Å². The molecule has 0 radical (unpaired) electrons. The van der Waals surface area contributed by atoms with E-state index in [2.05, 4.69) is 10.3 Å². The SMILES string of the molecule is CCOCC(=O)Nc1nc(C)c(C(=O)OCC)s1. The highest BCUT2D eigenvalue weighted by Gasteiger charge is 2.17. The van der Waals surface area contributed by atoms with Crippen molar-refractivity contribution < 1.29 is 19.1 Å². The van der Waals surface area contributed by atoms with Gasteiger partial charge in [0, 0.05) is 6.61 Å². The van der Waals surface area contributed by atoms with Crippen LogP contribution in [0.2, 0.25) is 0 Å². The summed E-state index contributed by atoms with van der Waals surface area (Å²) in [6, 6.07) is 0. The first kappa shape index (κ1) is 14.6. The number of nitrogens with one attached hydrogen (secondary N) is 1. The maximum absolute atomic E-state index is 11.5. The van der Waals surface area contributed by atoms with Gasteiger partial charge in [-0.2, -0.15) is 0 Å². The molecule has 1 rings (SSSR count). The second kappa shape index (κ2) is 7.07. The number of anilines is 1. The molecule has 1 heterocycles. The summed E-state index contributed by atoms with van der Waals surface area (Å²) in [6.45, 7) is 5.99. The molecule has 0 atom stereocenters. The zero-order valence-corrected chi connectivity index (χ0v) is 11.4. The average molecular weight is 272 g/mol. The molecule has 1 amide bonds. The molecule has 6 nitrogen and oxygen atoms in total. The molecule has 0 aliphatic heterocycles. The van der Waals surface area contributed by atoms with Gasteiger partial charge in [-0.25, -0.2) is 9.78 Å². The third-order valence-corrected chi connectivity index (χ3v) is 2.99. The van der Waals surface area contributed by atoms with Crippen LogP contribution in [0.15, 0.2) is 0 Å². The van der Waals surface area contributed by atoms with E-state index in [9.17, 15) is 9.59 Å². The molecule has 0 spiro atoms. The molecule has 100 valence electrons. The van der Waals surface area contributed by atoms with Crippen molar-refractivity contribution in [2.75, 3.05) is 25.1 Å². The normalized spacial score (nSPS) is 10.2. The number of thiazole rings is 1. The van der Waals surface area contributed by atoms with Crippen LogP contribution in [0, 0.1) is 6.92 Å². The summed E-state index contributed by atoms with van der Waals surface area (Å²) in [5.41, 5.74) is 0.546. The average Bonchev–Trinajstić information content (AvgIpc) is 2.68. The summed E-state index contributed by atoms with van der Waals surface area (Å²) in [7, 11) is 0. The Morgan fingerprint density at radius 1 is 1.33 bits per heavy atom. The van der Waals surface area contributed by atoms with Gasteiger partial charge in [0.2, 0.25) is 0 Å². The van der Waals surface area contributed by atoms with Crippen molar-refractivity contribution in [2.45, 2.75) is 20.8 Å². The van der Waals surface area contributed by atoms with Crippen LogP contribution in [-0.2, 0) is 14.3 Å². The van der Waals surface area contributed by atoms with Gasteiger partial charge < -0.3 is 9.47 Å². The molecule has 0 fully saturated rings. The van der Waals surface area contributed by atoms with Gasteiger partial charge in [-0.05, 0) is 20.8 Å². The summed E-state index contributed by atoms with van der Waals surface area (Å²) >= 11 is 1.10. The van der Waals surface area contributed by atoms with Gasteiger partial charge in [0.25, 0.3) is 5.91 Å². The number of esters is 1. The van der Waals surface area contributed by atoms with E-state index in [-0.39, 0.29) is 12.5 Å². The van der Waals surface area contributed by atoms with E-state index in [1.54, 1.807) is 20.8 Å². The minimum Gasteiger partial charge on any atom is -0.462 e. The Bertz CT molecular complexity index is 431. The first-order chi connectivity index (χ1) is 8.58. The molecular weight excluding hydrogens is 256 g/mol. The van der Waals surface area contributed by atoms with E-state index in [0.29, 0.717) is 28.9 Å². The summed E-state index contributed by atoms with van der Waals surface area (Å²) in [6.07, 6.45) is 0. The monoisotopic (exact) mass is 272 g/mol. The third-order valence-electron chi connectivity index (χ3n) is 1.94. The fraction of sp³-hybridized carbons (Fsp3) is 0.545. The van der Waals surface area contributed by atoms with Crippen LogP contribution >= 0.6 is 11.3 Å². The first-order valence-electron chi connectivity index (χ1n) is 5.60. The summed E-state index contributed by atoms with van der Waals surface area (Å²) < 4.78 is 9.85. The van der Waals surface area contributed by atoms with Gasteiger partial charge >= 0.3 is 5.97 Å². The van der Waals surface area contributed by atoms with Gasteiger partial charge in [0.1, 0.15) is 11.5 Å². The Morgan fingerprint density at radius 3 is 2.67 bits per heavy atom. The number of amides is 1. The highest BCUT2D eigenvalue weighted by molar-refractivity contribution is 7.17. The Morgan fingerprint density at radius 2 is 2.06 bits per heavy atom. The molecule has 7 heteroatoms. The number of nitrogens with zero attached hydrogens (tertiary/aromatic N) is 1. The van der Waals surface area contributed by atoms with Gasteiger partial charge in [0.05, 0.1) is 12.3 Å². The number of aromatic nitrogens is 1. The summed E-state index contributed by atoms with van der Waals surface area (Å²) in [4.78, 5) is 27.4. The lowest BCUT2D eigenvalue weighted by molar-refractivity contribution is -0.120. The number of aryl methyl sites for hydroxylation is 1. The Kier molecular flexibility index (Phi) is 5.73. The fourth-order valence-corrected chi connectivity index (χ4v) is 2.06. The third kappa shape index (κ3) is 4.08. The molecule has 1 aromatic rings. The van der Waals surface area contributed by atoms with E-state index in [1.165, 1.54) is 0 Å². The lowest BCUT2D eigenvalue weighted by Gasteiger charge is -2.00. The van der Waals surface area contributed by atoms with Crippen LogP contribution in [0.25, 0.3) is 0 Å². The van der Waals surface area contributed by atoms with Crippen molar-refractivity contribution in [1.82, 2.24) is 4.98 Å². The van der Waals surface area contributed by atoms with Crippen molar-refractivity contribution in [2.24, 2.45) is 0 Å². The van der Waals surface area contributed by atoms with Crippen molar-refractivity contribution in [3.63, 3.8) is 0 Å². The van der Waals surface area contributed by atoms with Crippen LogP contribution in [0.1, 0.15) is 29.2 Å². The lowest BCUT2D eigenvalue weighted by atomic mass is 10.4. The first-order valence-corrected chi connectivity index (χ1v) is 6.42. The van der Waals surface area contributed by atoms with Crippen LogP contribution in [0.4, 0.5) is 5.13 Å². The van der Waals surface area contributed by atoms with Gasteiger partial charge in [-0.15, -0.1) is 0 Å². The van der Waals surface area contributed by atoms with E-state index in [0.717, 1.165) is 11.3 Å². The van der Waals surface area contributed by atoms with Gasteiger partial charge in [-0.1, -0.05) is 11.3 Å². The quantitative estimate of drug-likeness (QED) is 0.796. The van der Waals surface area contributed by atoms with Crippen molar-refractivity contribution in [3.8, 4) is 0 Å². The molecule has 0 saturated heterocycles. The van der Waals surface area contributed by atoms with Gasteiger partial charge in [0.15, 0.2) is 5.13 Å². The minimum absolute atomic E-state index is 0.0239. The van der Waals surface area contributed by atoms with E-state index in [1.807, 2.05) is 0 Å². The van der Waals surface area contributed by atoms with Crippen molar-refractivity contribution in [3.05, 3.63) is 10.6 Å². The standard InChI is InChI=1S/C11H16N2O4S/c1-4-16-6-8(14)13-11-12-7(3)9(18-11)10(15)17-5-2/h4-6H2,1-3H3,(H,12,13,14).